The number of nitrogens with one attached hydrogen (secondary N) is 1. The Hall–Kier alpha value is -1.50. The summed E-state index contributed by atoms with van der Waals surface area (Å²) in [6.45, 7) is 0.889. The number of amides is 1. The molecule has 7 heteroatoms. The highest BCUT2D eigenvalue weighted by Crippen LogP contribution is 2.25. The van der Waals surface area contributed by atoms with Gasteiger partial charge in [0, 0.05) is 23.7 Å². The first-order valence-electron chi connectivity index (χ1n) is 7.17. The second kappa shape index (κ2) is 6.51. The summed E-state index contributed by atoms with van der Waals surface area (Å²) in [5, 5.41) is 16.2. The molecule has 0 aliphatic heterocycles. The molecule has 118 valence electrons. The third kappa shape index (κ3) is 3.58. The van der Waals surface area contributed by atoms with Gasteiger partial charge in [0.05, 0.1) is 18.2 Å². The van der Waals surface area contributed by atoms with E-state index in [1.165, 1.54) is 6.92 Å². The quantitative estimate of drug-likeness (QED) is 0.870. The molecule has 1 aromatic heterocycles. The maximum absolute atomic E-state index is 12.7. The highest BCUT2D eigenvalue weighted by molar-refractivity contribution is 5.79. The number of aliphatic hydroxyl groups excluding tert-OH is 1. The third-order valence-corrected chi connectivity index (χ3v) is 4.18. The van der Waals surface area contributed by atoms with E-state index in [0.717, 1.165) is 19.3 Å². The van der Waals surface area contributed by atoms with E-state index in [0.29, 0.717) is 28.2 Å². The maximum Gasteiger partial charge on any atom is 0.333 e. The average Bonchev–Trinajstić information content (AvgIpc) is 2.94. The Morgan fingerprint density at radius 3 is 2.71 bits per heavy atom. The molecule has 1 aliphatic rings. The van der Waals surface area contributed by atoms with Crippen LogP contribution >= 0.6 is 0 Å². The largest absolute Gasteiger partial charge is 0.393 e. The standard InChI is InChI=1S/C14H21F2N3O2/c1-8-11(9(2)19(18-8)14(15)16)6-13(21)17-7-10-4-3-5-12(10)20/h10,12,14,20H,3-7H2,1-2H3,(H,17,21). The SMILES string of the molecule is Cc1nn(C(F)F)c(C)c1CC(=O)NCC1CCCC1O. The smallest absolute Gasteiger partial charge is 0.333 e. The van der Waals surface area contributed by atoms with E-state index in [9.17, 15) is 18.7 Å². The van der Waals surface area contributed by atoms with Crippen molar-refractivity contribution in [2.75, 3.05) is 6.54 Å². The van der Waals surface area contributed by atoms with Crippen LogP contribution in [0.3, 0.4) is 0 Å². The van der Waals surface area contributed by atoms with Crippen LogP contribution in [0.2, 0.25) is 0 Å². The number of hydrogen-bond acceptors (Lipinski definition) is 3. The van der Waals surface area contributed by atoms with E-state index in [-0.39, 0.29) is 24.3 Å². The molecule has 1 fully saturated rings. The highest BCUT2D eigenvalue weighted by atomic mass is 19.3. The topological polar surface area (TPSA) is 67.2 Å². The molecule has 0 spiro atoms. The van der Waals surface area contributed by atoms with Crippen molar-refractivity contribution in [1.82, 2.24) is 15.1 Å². The predicted octanol–water partition coefficient (Wildman–Crippen LogP) is 1.71. The van der Waals surface area contributed by atoms with Crippen LogP contribution in [0.15, 0.2) is 0 Å². The van der Waals surface area contributed by atoms with Crippen molar-refractivity contribution in [1.29, 1.82) is 0 Å². The normalized spacial score (nSPS) is 22.0. The van der Waals surface area contributed by atoms with Crippen LogP contribution in [0.1, 0.15) is 42.8 Å². The van der Waals surface area contributed by atoms with Crippen molar-refractivity contribution >= 4 is 5.91 Å². The number of aryl methyl sites for hydroxylation is 1. The summed E-state index contributed by atoms with van der Waals surface area (Å²) in [6, 6.07) is 0. The molecule has 0 bridgehead atoms. The van der Waals surface area contributed by atoms with Crippen molar-refractivity contribution in [3.63, 3.8) is 0 Å². The molecule has 0 aromatic carbocycles. The van der Waals surface area contributed by atoms with Crippen molar-refractivity contribution in [2.24, 2.45) is 5.92 Å². The minimum atomic E-state index is -2.70. The van der Waals surface area contributed by atoms with Gasteiger partial charge in [0.15, 0.2) is 0 Å². The summed E-state index contributed by atoms with van der Waals surface area (Å²) in [7, 11) is 0. The van der Waals surface area contributed by atoms with Gasteiger partial charge in [-0.3, -0.25) is 4.79 Å². The molecule has 0 saturated heterocycles. The molecule has 1 amide bonds. The molecule has 1 saturated carbocycles. The zero-order valence-corrected chi connectivity index (χ0v) is 12.3. The molecule has 1 heterocycles. The zero-order valence-electron chi connectivity index (χ0n) is 12.3. The lowest BCUT2D eigenvalue weighted by Gasteiger charge is -2.15. The number of halogens is 2. The number of carbonyl (C=O) groups is 1. The van der Waals surface area contributed by atoms with E-state index in [4.69, 9.17) is 0 Å². The van der Waals surface area contributed by atoms with Gasteiger partial charge in [-0.05, 0) is 26.7 Å². The van der Waals surface area contributed by atoms with Gasteiger partial charge < -0.3 is 10.4 Å². The monoisotopic (exact) mass is 301 g/mol. The lowest BCUT2D eigenvalue weighted by atomic mass is 10.1. The molecule has 2 rings (SSSR count). The van der Waals surface area contributed by atoms with E-state index >= 15 is 0 Å². The third-order valence-electron chi connectivity index (χ3n) is 4.18. The first-order chi connectivity index (χ1) is 9.90. The maximum atomic E-state index is 12.7. The van der Waals surface area contributed by atoms with Crippen molar-refractivity contribution in [3.8, 4) is 0 Å². The molecule has 21 heavy (non-hydrogen) atoms. The average molecular weight is 301 g/mol. The molecule has 2 unspecified atom stereocenters. The minimum Gasteiger partial charge on any atom is -0.393 e. The summed E-state index contributed by atoms with van der Waals surface area (Å²) < 4.78 is 26.1. The van der Waals surface area contributed by atoms with Crippen LogP contribution in [0.4, 0.5) is 8.78 Å². The van der Waals surface area contributed by atoms with Crippen molar-refractivity contribution in [3.05, 3.63) is 17.0 Å². The molecule has 5 nitrogen and oxygen atoms in total. The van der Waals surface area contributed by atoms with Gasteiger partial charge in [-0.1, -0.05) is 6.42 Å². The van der Waals surface area contributed by atoms with E-state index < -0.39 is 6.55 Å². The number of carbonyl (C=O) groups excluding carboxylic acids is 1. The predicted molar refractivity (Wildman–Crippen MR) is 73.0 cm³/mol. The first kappa shape index (κ1) is 15.9. The Kier molecular flexibility index (Phi) is 4.92. The fourth-order valence-electron chi connectivity index (χ4n) is 2.87. The number of aromatic nitrogens is 2. The Balaban J connectivity index is 1.93. The van der Waals surface area contributed by atoms with Crippen LogP contribution in [-0.2, 0) is 11.2 Å². The number of nitrogens with zero attached hydrogens (tertiary/aromatic N) is 2. The number of aliphatic hydroxyl groups is 1. The number of alkyl halides is 2. The molecule has 2 N–H and O–H groups in total. The zero-order chi connectivity index (χ0) is 15.6. The second-order valence-corrected chi connectivity index (χ2v) is 5.61. The van der Waals surface area contributed by atoms with Crippen molar-refractivity contribution in [2.45, 2.75) is 52.2 Å². The molecular weight excluding hydrogens is 280 g/mol. The molecule has 1 aromatic rings. The summed E-state index contributed by atoms with van der Waals surface area (Å²) >= 11 is 0. The summed E-state index contributed by atoms with van der Waals surface area (Å²) in [6.07, 6.45) is 2.34. The van der Waals surface area contributed by atoms with Gasteiger partial charge in [-0.2, -0.15) is 13.9 Å². The number of hydrogen-bond donors (Lipinski definition) is 2. The first-order valence-corrected chi connectivity index (χ1v) is 7.17. The Morgan fingerprint density at radius 2 is 2.19 bits per heavy atom. The fraction of sp³-hybridized carbons (Fsp3) is 0.714. The molecule has 0 radical (unpaired) electrons. The fourth-order valence-corrected chi connectivity index (χ4v) is 2.87. The molecule has 1 aliphatic carbocycles. The van der Waals surface area contributed by atoms with E-state index in [2.05, 4.69) is 10.4 Å². The van der Waals surface area contributed by atoms with Gasteiger partial charge in [0.1, 0.15) is 0 Å². The summed E-state index contributed by atoms with van der Waals surface area (Å²) in [4.78, 5) is 11.9. The van der Waals surface area contributed by atoms with Gasteiger partial charge >= 0.3 is 6.55 Å². The number of rotatable bonds is 5. The van der Waals surface area contributed by atoms with Gasteiger partial charge in [0.2, 0.25) is 5.91 Å². The van der Waals surface area contributed by atoms with Crippen LogP contribution in [0, 0.1) is 19.8 Å². The van der Waals surface area contributed by atoms with Crippen LogP contribution in [0.5, 0.6) is 0 Å². The summed E-state index contributed by atoms with van der Waals surface area (Å²) in [5.41, 5.74) is 1.31. The second-order valence-electron chi connectivity index (χ2n) is 5.61. The van der Waals surface area contributed by atoms with E-state index in [1.807, 2.05) is 0 Å². The van der Waals surface area contributed by atoms with Crippen molar-refractivity contribution < 1.29 is 18.7 Å². The minimum absolute atomic E-state index is 0.0349. The highest BCUT2D eigenvalue weighted by Gasteiger charge is 2.26. The van der Waals surface area contributed by atoms with Gasteiger partial charge in [0.25, 0.3) is 0 Å². The van der Waals surface area contributed by atoms with Gasteiger partial charge in [-0.25, -0.2) is 4.68 Å². The Labute approximate surface area is 122 Å². The lowest BCUT2D eigenvalue weighted by molar-refractivity contribution is -0.120. The van der Waals surface area contributed by atoms with Crippen LogP contribution in [0.25, 0.3) is 0 Å². The van der Waals surface area contributed by atoms with E-state index in [1.54, 1.807) is 6.92 Å². The van der Waals surface area contributed by atoms with Crippen LogP contribution < -0.4 is 5.32 Å². The Bertz CT molecular complexity index is 517. The van der Waals surface area contributed by atoms with Gasteiger partial charge in [-0.15, -0.1) is 0 Å². The molecular formula is C14H21F2N3O2. The molecule has 2 atom stereocenters. The summed E-state index contributed by atoms with van der Waals surface area (Å²) in [5.74, 6) is -0.131. The van der Waals surface area contributed by atoms with Crippen LogP contribution in [-0.4, -0.2) is 33.4 Å². The Morgan fingerprint density at radius 1 is 1.48 bits per heavy atom. The lowest BCUT2D eigenvalue weighted by Crippen LogP contribution is -2.33.